The summed E-state index contributed by atoms with van der Waals surface area (Å²) in [5.41, 5.74) is -1.69. The minimum absolute atomic E-state index is 0.0549. The highest BCUT2D eigenvalue weighted by Crippen LogP contribution is 2.46. The average molecular weight is 271 g/mol. The standard InChI is InChI=1S/C13H21NO5/c1-5-17-10(15)13(7-6-8-9(13)18-8)14-11(16)19-12(2,3)4/h8-9H,5-7H2,1-4H3,(H,14,16). The van der Waals surface area contributed by atoms with Gasteiger partial charge in [-0.15, -0.1) is 0 Å². The zero-order valence-corrected chi connectivity index (χ0v) is 11.8. The quantitative estimate of drug-likeness (QED) is 0.619. The number of epoxide rings is 1. The molecule has 108 valence electrons. The van der Waals surface area contributed by atoms with E-state index in [2.05, 4.69) is 5.32 Å². The highest BCUT2D eigenvalue weighted by atomic mass is 16.6. The van der Waals surface area contributed by atoms with Crippen LogP contribution in [0, 0.1) is 0 Å². The number of hydrogen-bond donors (Lipinski definition) is 1. The minimum Gasteiger partial charge on any atom is -0.464 e. The van der Waals surface area contributed by atoms with Gasteiger partial charge in [0, 0.05) is 0 Å². The van der Waals surface area contributed by atoms with Gasteiger partial charge in [0.05, 0.1) is 12.7 Å². The molecular formula is C13H21NO5. The fraction of sp³-hybridized carbons (Fsp3) is 0.846. The van der Waals surface area contributed by atoms with Crippen molar-refractivity contribution in [3.8, 4) is 0 Å². The van der Waals surface area contributed by atoms with Crippen molar-refractivity contribution >= 4 is 12.1 Å². The summed E-state index contributed by atoms with van der Waals surface area (Å²) in [5.74, 6) is -0.439. The first-order valence-corrected chi connectivity index (χ1v) is 6.62. The van der Waals surface area contributed by atoms with Crippen LogP contribution in [0.1, 0.15) is 40.5 Å². The molecule has 1 aliphatic heterocycles. The van der Waals surface area contributed by atoms with Crippen molar-refractivity contribution in [1.82, 2.24) is 5.32 Å². The molecule has 0 bridgehead atoms. The van der Waals surface area contributed by atoms with E-state index in [1.54, 1.807) is 27.7 Å². The van der Waals surface area contributed by atoms with Crippen molar-refractivity contribution in [3.63, 3.8) is 0 Å². The first kappa shape index (κ1) is 14.1. The second kappa shape index (κ2) is 4.67. The Morgan fingerprint density at radius 1 is 1.42 bits per heavy atom. The fourth-order valence-corrected chi connectivity index (χ4v) is 2.46. The summed E-state index contributed by atoms with van der Waals surface area (Å²) in [6, 6.07) is 0. The zero-order valence-electron chi connectivity index (χ0n) is 11.8. The second-order valence-corrected chi connectivity index (χ2v) is 5.95. The molecule has 0 aromatic heterocycles. The lowest BCUT2D eigenvalue weighted by atomic mass is 9.97. The second-order valence-electron chi connectivity index (χ2n) is 5.95. The smallest absolute Gasteiger partial charge is 0.408 e. The van der Waals surface area contributed by atoms with E-state index < -0.39 is 23.2 Å². The van der Waals surface area contributed by atoms with Crippen molar-refractivity contribution in [1.29, 1.82) is 0 Å². The van der Waals surface area contributed by atoms with Gasteiger partial charge in [0.25, 0.3) is 0 Å². The summed E-state index contributed by atoms with van der Waals surface area (Å²) in [6.07, 6.45) is 0.440. The monoisotopic (exact) mass is 271 g/mol. The van der Waals surface area contributed by atoms with E-state index in [0.29, 0.717) is 6.42 Å². The number of carbonyl (C=O) groups excluding carboxylic acids is 2. The summed E-state index contributed by atoms with van der Waals surface area (Å²) in [6.45, 7) is 7.32. The maximum atomic E-state index is 12.1. The number of alkyl carbamates (subject to hydrolysis) is 1. The molecule has 0 radical (unpaired) electrons. The first-order chi connectivity index (χ1) is 8.78. The molecular weight excluding hydrogens is 250 g/mol. The van der Waals surface area contributed by atoms with Crippen LogP contribution in [0.15, 0.2) is 0 Å². The minimum atomic E-state index is -1.08. The molecule has 6 heteroatoms. The molecule has 3 atom stereocenters. The van der Waals surface area contributed by atoms with Gasteiger partial charge in [-0.1, -0.05) is 0 Å². The maximum Gasteiger partial charge on any atom is 0.408 e. The topological polar surface area (TPSA) is 77.2 Å². The molecule has 0 aromatic rings. The number of esters is 1. The molecule has 2 fully saturated rings. The average Bonchev–Trinajstić information content (AvgIpc) is 2.95. The largest absolute Gasteiger partial charge is 0.464 e. The lowest BCUT2D eigenvalue weighted by Crippen LogP contribution is -2.58. The zero-order chi connectivity index (χ0) is 14.3. The molecule has 6 nitrogen and oxygen atoms in total. The van der Waals surface area contributed by atoms with Crippen molar-refractivity contribution in [3.05, 3.63) is 0 Å². The van der Waals surface area contributed by atoms with Crippen LogP contribution < -0.4 is 5.32 Å². The maximum absolute atomic E-state index is 12.1. The molecule has 1 heterocycles. The van der Waals surface area contributed by atoms with Crippen molar-refractivity contribution in [2.24, 2.45) is 0 Å². The van der Waals surface area contributed by atoms with Gasteiger partial charge in [-0.25, -0.2) is 9.59 Å². The number of carbonyl (C=O) groups is 2. The van der Waals surface area contributed by atoms with E-state index in [0.717, 1.165) is 6.42 Å². The van der Waals surface area contributed by atoms with E-state index in [1.165, 1.54) is 0 Å². The molecule has 2 rings (SSSR count). The highest BCUT2D eigenvalue weighted by Gasteiger charge is 2.66. The molecule has 1 aliphatic carbocycles. The third-order valence-corrected chi connectivity index (χ3v) is 3.26. The van der Waals surface area contributed by atoms with Crippen LogP contribution in [0.3, 0.4) is 0 Å². The molecule has 0 aromatic carbocycles. The highest BCUT2D eigenvalue weighted by molar-refractivity contribution is 5.88. The van der Waals surface area contributed by atoms with E-state index in [4.69, 9.17) is 14.2 Å². The molecule has 3 unspecified atom stereocenters. The van der Waals surface area contributed by atoms with Crippen LogP contribution in [0.5, 0.6) is 0 Å². The number of amides is 1. The van der Waals surface area contributed by atoms with Crippen LogP contribution in [-0.4, -0.2) is 42.0 Å². The predicted molar refractivity (Wildman–Crippen MR) is 66.6 cm³/mol. The number of nitrogens with one attached hydrogen (secondary N) is 1. The summed E-state index contributed by atoms with van der Waals surface area (Å²) < 4.78 is 15.7. The Bertz CT molecular complexity index is 389. The Morgan fingerprint density at radius 3 is 2.53 bits per heavy atom. The molecule has 1 saturated carbocycles. The Morgan fingerprint density at radius 2 is 2.11 bits per heavy atom. The van der Waals surface area contributed by atoms with Crippen LogP contribution >= 0.6 is 0 Å². The number of ether oxygens (including phenoxy) is 3. The summed E-state index contributed by atoms with van der Waals surface area (Å²) in [4.78, 5) is 24.0. The van der Waals surface area contributed by atoms with Crippen LogP contribution in [-0.2, 0) is 19.0 Å². The molecule has 0 spiro atoms. The van der Waals surface area contributed by atoms with Gasteiger partial charge in [0.1, 0.15) is 11.7 Å². The van der Waals surface area contributed by atoms with E-state index in [1.807, 2.05) is 0 Å². The van der Waals surface area contributed by atoms with Gasteiger partial charge in [0.15, 0.2) is 5.54 Å². The van der Waals surface area contributed by atoms with Crippen molar-refractivity contribution < 1.29 is 23.8 Å². The van der Waals surface area contributed by atoms with Crippen LogP contribution in [0.2, 0.25) is 0 Å². The molecule has 1 amide bonds. The number of hydrogen-bond acceptors (Lipinski definition) is 5. The third-order valence-electron chi connectivity index (χ3n) is 3.26. The van der Waals surface area contributed by atoms with Gasteiger partial charge in [-0.3, -0.25) is 0 Å². The van der Waals surface area contributed by atoms with E-state index >= 15 is 0 Å². The molecule has 1 N–H and O–H groups in total. The van der Waals surface area contributed by atoms with Crippen molar-refractivity contribution in [2.75, 3.05) is 6.61 Å². The van der Waals surface area contributed by atoms with E-state index in [9.17, 15) is 9.59 Å². The molecule has 19 heavy (non-hydrogen) atoms. The summed E-state index contributed by atoms with van der Waals surface area (Å²) >= 11 is 0. The number of rotatable bonds is 3. The Kier molecular flexibility index (Phi) is 3.47. The van der Waals surface area contributed by atoms with Gasteiger partial charge in [-0.05, 0) is 40.5 Å². The van der Waals surface area contributed by atoms with Crippen LogP contribution in [0.25, 0.3) is 0 Å². The first-order valence-electron chi connectivity index (χ1n) is 6.62. The van der Waals surface area contributed by atoms with E-state index in [-0.39, 0.29) is 18.8 Å². The van der Waals surface area contributed by atoms with Gasteiger partial charge < -0.3 is 19.5 Å². The van der Waals surface area contributed by atoms with Gasteiger partial charge >= 0.3 is 12.1 Å². The lowest BCUT2D eigenvalue weighted by Gasteiger charge is -2.30. The summed E-state index contributed by atoms with van der Waals surface area (Å²) in [5, 5.41) is 2.66. The predicted octanol–water partition coefficient (Wildman–Crippen LogP) is 1.37. The van der Waals surface area contributed by atoms with Crippen LogP contribution in [0.4, 0.5) is 4.79 Å². The Hall–Kier alpha value is -1.30. The SMILES string of the molecule is CCOC(=O)C1(NC(=O)OC(C)(C)C)CCC2OC21. The summed E-state index contributed by atoms with van der Waals surface area (Å²) in [7, 11) is 0. The Labute approximate surface area is 112 Å². The molecule has 1 saturated heterocycles. The lowest BCUT2D eigenvalue weighted by molar-refractivity contribution is -0.152. The fourth-order valence-electron chi connectivity index (χ4n) is 2.46. The molecule has 2 aliphatic rings. The van der Waals surface area contributed by atoms with Gasteiger partial charge in [-0.2, -0.15) is 0 Å². The Balaban J connectivity index is 2.07. The normalized spacial score (nSPS) is 32.4. The third kappa shape index (κ3) is 2.83. The number of fused-ring (bicyclic) bond motifs is 1. The van der Waals surface area contributed by atoms with Crippen molar-refractivity contribution in [2.45, 2.75) is 63.9 Å². The van der Waals surface area contributed by atoms with Gasteiger partial charge in [0.2, 0.25) is 0 Å².